The average Bonchev–Trinajstić information content (AvgIpc) is 2.69. The molecule has 0 aromatic heterocycles. The molecule has 3 rings (SSSR count). The Hall–Kier alpha value is -0.440. The highest BCUT2D eigenvalue weighted by Gasteiger charge is 2.55. The molecule has 0 radical (unpaired) electrons. The highest BCUT2D eigenvalue weighted by Crippen LogP contribution is 2.53. The molecule has 2 unspecified atom stereocenters. The quantitative estimate of drug-likeness (QED) is 0.845. The van der Waals surface area contributed by atoms with E-state index >= 15 is 0 Å². The molecule has 0 amide bonds. The average molecular weight is 315 g/mol. The standard InChI is InChI=1S/C16H20Cl2O2/c17-11-6-5-7-12(18)15(11)20-14-10-13(19)16(14)8-3-1-2-4-9-16/h5-7,13-14,19H,1-4,8-10H2. The molecule has 2 aliphatic carbocycles. The van der Waals surface area contributed by atoms with Gasteiger partial charge in [-0.25, -0.2) is 0 Å². The minimum atomic E-state index is -0.244. The van der Waals surface area contributed by atoms with Crippen LogP contribution in [0.4, 0.5) is 0 Å². The fourth-order valence-corrected chi connectivity index (χ4v) is 4.16. The first-order valence-corrected chi connectivity index (χ1v) is 8.18. The second-order valence-corrected chi connectivity index (χ2v) is 6.87. The van der Waals surface area contributed by atoms with Gasteiger partial charge in [-0.05, 0) is 25.0 Å². The number of ether oxygens (including phenoxy) is 1. The molecule has 4 heteroatoms. The summed E-state index contributed by atoms with van der Waals surface area (Å²) in [6.07, 6.45) is 7.42. The van der Waals surface area contributed by atoms with Crippen LogP contribution in [0.1, 0.15) is 44.9 Å². The third-order valence-electron chi connectivity index (χ3n) is 4.96. The molecular weight excluding hydrogens is 295 g/mol. The summed E-state index contributed by atoms with van der Waals surface area (Å²) in [5.74, 6) is 0.566. The van der Waals surface area contributed by atoms with Crippen molar-refractivity contribution in [2.24, 2.45) is 5.41 Å². The first-order valence-electron chi connectivity index (χ1n) is 7.42. The molecule has 1 aromatic carbocycles. The van der Waals surface area contributed by atoms with Crippen LogP contribution in [0, 0.1) is 5.41 Å². The minimum absolute atomic E-state index is 0.0352. The van der Waals surface area contributed by atoms with Gasteiger partial charge < -0.3 is 9.84 Å². The van der Waals surface area contributed by atoms with Crippen LogP contribution in [0.3, 0.4) is 0 Å². The number of para-hydroxylation sites is 1. The molecule has 0 heterocycles. The van der Waals surface area contributed by atoms with Crippen molar-refractivity contribution in [2.75, 3.05) is 0 Å². The Morgan fingerprint density at radius 1 is 1.05 bits per heavy atom. The number of rotatable bonds is 2. The smallest absolute Gasteiger partial charge is 0.156 e. The van der Waals surface area contributed by atoms with E-state index < -0.39 is 0 Å². The van der Waals surface area contributed by atoms with Gasteiger partial charge in [-0.3, -0.25) is 0 Å². The van der Waals surface area contributed by atoms with Gasteiger partial charge >= 0.3 is 0 Å². The number of halogens is 2. The Labute approximate surface area is 130 Å². The van der Waals surface area contributed by atoms with Gasteiger partial charge in [-0.1, -0.05) is 55.0 Å². The van der Waals surface area contributed by atoms with Gasteiger partial charge in [0.25, 0.3) is 0 Å². The molecule has 2 aliphatic rings. The van der Waals surface area contributed by atoms with Crippen LogP contribution in [0.2, 0.25) is 10.0 Å². The van der Waals surface area contributed by atoms with Crippen molar-refractivity contribution in [3.05, 3.63) is 28.2 Å². The van der Waals surface area contributed by atoms with Crippen molar-refractivity contribution >= 4 is 23.2 Å². The Balaban J connectivity index is 1.80. The molecule has 0 bridgehead atoms. The third kappa shape index (κ3) is 2.43. The lowest BCUT2D eigenvalue weighted by Gasteiger charge is -2.53. The van der Waals surface area contributed by atoms with Crippen LogP contribution in [-0.2, 0) is 0 Å². The molecule has 2 nitrogen and oxygen atoms in total. The molecule has 0 saturated heterocycles. The van der Waals surface area contributed by atoms with Crippen LogP contribution in [0.5, 0.6) is 5.75 Å². The normalized spacial score (nSPS) is 28.8. The minimum Gasteiger partial charge on any atom is -0.487 e. The second-order valence-electron chi connectivity index (χ2n) is 6.06. The number of hydrogen-bond acceptors (Lipinski definition) is 2. The van der Waals surface area contributed by atoms with E-state index in [9.17, 15) is 5.11 Å². The van der Waals surface area contributed by atoms with Gasteiger partial charge in [-0.15, -0.1) is 0 Å². The van der Waals surface area contributed by atoms with Gasteiger partial charge in [0.2, 0.25) is 0 Å². The van der Waals surface area contributed by atoms with E-state index in [1.807, 2.05) is 6.07 Å². The van der Waals surface area contributed by atoms with Crippen molar-refractivity contribution < 1.29 is 9.84 Å². The van der Waals surface area contributed by atoms with Gasteiger partial charge in [0.15, 0.2) is 5.75 Å². The fourth-order valence-electron chi connectivity index (χ4n) is 3.67. The number of benzene rings is 1. The summed E-state index contributed by atoms with van der Waals surface area (Å²) in [6, 6.07) is 5.39. The van der Waals surface area contributed by atoms with Crippen molar-refractivity contribution in [3.63, 3.8) is 0 Å². The van der Waals surface area contributed by atoms with Crippen molar-refractivity contribution in [3.8, 4) is 5.75 Å². The molecule has 0 aliphatic heterocycles. The van der Waals surface area contributed by atoms with E-state index in [1.165, 1.54) is 25.7 Å². The monoisotopic (exact) mass is 314 g/mol. The van der Waals surface area contributed by atoms with E-state index in [0.29, 0.717) is 22.2 Å². The molecule has 110 valence electrons. The van der Waals surface area contributed by atoms with E-state index in [1.54, 1.807) is 12.1 Å². The highest BCUT2D eigenvalue weighted by molar-refractivity contribution is 6.37. The van der Waals surface area contributed by atoms with Crippen LogP contribution >= 0.6 is 23.2 Å². The zero-order valence-electron chi connectivity index (χ0n) is 11.4. The van der Waals surface area contributed by atoms with Crippen LogP contribution < -0.4 is 4.74 Å². The summed E-state index contributed by atoms with van der Waals surface area (Å²) in [6.45, 7) is 0. The van der Waals surface area contributed by atoms with Gasteiger partial charge in [0.05, 0.1) is 16.1 Å². The summed E-state index contributed by atoms with van der Waals surface area (Å²) in [4.78, 5) is 0. The second kappa shape index (κ2) is 5.75. The maximum Gasteiger partial charge on any atom is 0.156 e. The molecule has 2 fully saturated rings. The lowest BCUT2D eigenvalue weighted by molar-refractivity contribution is -0.163. The number of hydrogen-bond donors (Lipinski definition) is 1. The Morgan fingerprint density at radius 2 is 1.65 bits per heavy atom. The van der Waals surface area contributed by atoms with Crippen molar-refractivity contribution in [2.45, 2.75) is 57.2 Å². The highest BCUT2D eigenvalue weighted by atomic mass is 35.5. The predicted octanol–water partition coefficient (Wildman–Crippen LogP) is 4.85. The molecule has 2 atom stereocenters. The maximum atomic E-state index is 10.3. The zero-order valence-corrected chi connectivity index (χ0v) is 13.0. The Kier molecular flexibility index (Phi) is 4.16. The summed E-state index contributed by atoms with van der Waals surface area (Å²) < 4.78 is 6.11. The fraction of sp³-hybridized carbons (Fsp3) is 0.625. The number of aliphatic hydroxyl groups is 1. The lowest BCUT2D eigenvalue weighted by Crippen LogP contribution is -2.59. The van der Waals surface area contributed by atoms with Crippen LogP contribution in [-0.4, -0.2) is 17.3 Å². The maximum absolute atomic E-state index is 10.3. The molecule has 2 saturated carbocycles. The van der Waals surface area contributed by atoms with Gasteiger partial charge in [-0.2, -0.15) is 0 Å². The zero-order chi connectivity index (χ0) is 14.2. The number of aliphatic hydroxyl groups excluding tert-OH is 1. The first-order chi connectivity index (χ1) is 9.63. The summed E-state index contributed by atoms with van der Waals surface area (Å²) >= 11 is 12.4. The van der Waals surface area contributed by atoms with Crippen LogP contribution in [0.15, 0.2) is 18.2 Å². The predicted molar refractivity (Wildman–Crippen MR) is 81.6 cm³/mol. The van der Waals surface area contributed by atoms with E-state index in [-0.39, 0.29) is 17.6 Å². The first kappa shape index (κ1) is 14.5. The SMILES string of the molecule is OC1CC(Oc2c(Cl)cccc2Cl)C12CCCCCC2. The van der Waals surface area contributed by atoms with E-state index in [2.05, 4.69) is 0 Å². The molecule has 1 aromatic rings. The molecule has 20 heavy (non-hydrogen) atoms. The lowest BCUT2D eigenvalue weighted by atomic mass is 9.59. The van der Waals surface area contributed by atoms with Crippen molar-refractivity contribution in [1.29, 1.82) is 0 Å². The van der Waals surface area contributed by atoms with E-state index in [0.717, 1.165) is 12.8 Å². The third-order valence-corrected chi connectivity index (χ3v) is 5.55. The summed E-state index contributed by atoms with van der Waals surface area (Å²) in [5.41, 5.74) is -0.0843. The van der Waals surface area contributed by atoms with Gasteiger partial charge in [0, 0.05) is 11.8 Å². The molecule has 1 N–H and O–H groups in total. The summed E-state index contributed by atoms with van der Waals surface area (Å²) in [5, 5.41) is 11.4. The largest absolute Gasteiger partial charge is 0.487 e. The Bertz CT molecular complexity index is 461. The van der Waals surface area contributed by atoms with Gasteiger partial charge in [0.1, 0.15) is 6.10 Å². The molecular formula is C16H20Cl2O2. The molecule has 1 spiro atoms. The van der Waals surface area contributed by atoms with Crippen LogP contribution in [0.25, 0.3) is 0 Å². The topological polar surface area (TPSA) is 29.5 Å². The van der Waals surface area contributed by atoms with E-state index in [4.69, 9.17) is 27.9 Å². The van der Waals surface area contributed by atoms with Crippen molar-refractivity contribution in [1.82, 2.24) is 0 Å². The summed E-state index contributed by atoms with van der Waals surface area (Å²) in [7, 11) is 0. The Morgan fingerprint density at radius 3 is 2.20 bits per heavy atom.